The third-order valence-electron chi connectivity index (χ3n) is 2.01. The van der Waals surface area contributed by atoms with Crippen molar-refractivity contribution in [3.05, 3.63) is 30.1 Å². The first-order valence-corrected chi connectivity index (χ1v) is 5.69. The second-order valence-corrected chi connectivity index (χ2v) is 3.79. The number of nitrogens with zero attached hydrogens (tertiary/aromatic N) is 4. The van der Waals surface area contributed by atoms with Crippen LogP contribution in [0.15, 0.2) is 29.2 Å². The largest absolute Gasteiger partial charge is 0.324 e. The van der Waals surface area contributed by atoms with E-state index in [0.717, 1.165) is 5.69 Å². The van der Waals surface area contributed by atoms with Crippen LogP contribution in [-0.4, -0.2) is 26.5 Å². The van der Waals surface area contributed by atoms with E-state index < -0.39 is 0 Å². The first-order valence-electron chi connectivity index (χ1n) is 4.47. The van der Waals surface area contributed by atoms with Crippen molar-refractivity contribution < 1.29 is 0 Å². The van der Waals surface area contributed by atoms with Crippen molar-refractivity contribution in [3.63, 3.8) is 0 Å². The lowest BCUT2D eigenvalue weighted by atomic mass is 10.3. The molecular weight excluding hydrogens is 210 g/mol. The number of thioether (sulfide) groups is 1. The van der Waals surface area contributed by atoms with E-state index in [4.69, 9.17) is 5.73 Å². The summed E-state index contributed by atoms with van der Waals surface area (Å²) in [6.45, 7) is 0.330. The third kappa shape index (κ3) is 2.00. The number of rotatable bonds is 3. The number of aromatic nitrogens is 4. The lowest BCUT2D eigenvalue weighted by Crippen LogP contribution is -2.07. The van der Waals surface area contributed by atoms with Gasteiger partial charge in [-0.25, -0.2) is 0 Å². The monoisotopic (exact) mass is 221 g/mol. The first kappa shape index (κ1) is 10.1. The minimum absolute atomic E-state index is 0.330. The summed E-state index contributed by atoms with van der Waals surface area (Å²) < 4.78 is 1.65. The fourth-order valence-corrected chi connectivity index (χ4v) is 1.73. The van der Waals surface area contributed by atoms with Gasteiger partial charge in [0.15, 0.2) is 5.82 Å². The molecule has 2 aromatic rings. The van der Waals surface area contributed by atoms with Crippen LogP contribution in [0.2, 0.25) is 0 Å². The maximum atomic E-state index is 5.53. The summed E-state index contributed by atoms with van der Waals surface area (Å²) >= 11 is 1.68. The van der Waals surface area contributed by atoms with Crippen LogP contribution in [0.4, 0.5) is 0 Å². The summed E-state index contributed by atoms with van der Waals surface area (Å²) in [7, 11) is 0. The first-order chi connectivity index (χ1) is 7.35. The molecule has 0 fully saturated rings. The SMILES string of the molecule is CSc1cccc(-n2nnnc2CN)c1. The second-order valence-electron chi connectivity index (χ2n) is 2.91. The topological polar surface area (TPSA) is 69.6 Å². The Kier molecular flexibility index (Phi) is 2.98. The molecule has 5 nitrogen and oxygen atoms in total. The van der Waals surface area contributed by atoms with Crippen LogP contribution in [0.3, 0.4) is 0 Å². The minimum atomic E-state index is 0.330. The van der Waals surface area contributed by atoms with Gasteiger partial charge in [0.05, 0.1) is 12.2 Å². The predicted molar refractivity (Wildman–Crippen MR) is 58.8 cm³/mol. The molecule has 0 atom stereocenters. The average Bonchev–Trinajstić information content (AvgIpc) is 2.77. The molecule has 1 aromatic heterocycles. The highest BCUT2D eigenvalue weighted by Crippen LogP contribution is 2.18. The predicted octanol–water partition coefficient (Wildman–Crippen LogP) is 0.843. The zero-order valence-electron chi connectivity index (χ0n) is 8.29. The molecule has 1 heterocycles. The van der Waals surface area contributed by atoms with Gasteiger partial charge in [0, 0.05) is 4.90 Å². The van der Waals surface area contributed by atoms with Crippen molar-refractivity contribution in [2.75, 3.05) is 6.26 Å². The molecular formula is C9H11N5S. The Morgan fingerprint density at radius 3 is 3.07 bits per heavy atom. The fraction of sp³-hybridized carbons (Fsp3) is 0.222. The van der Waals surface area contributed by atoms with E-state index in [-0.39, 0.29) is 0 Å². The minimum Gasteiger partial charge on any atom is -0.324 e. The van der Waals surface area contributed by atoms with E-state index in [9.17, 15) is 0 Å². The maximum Gasteiger partial charge on any atom is 0.170 e. The van der Waals surface area contributed by atoms with Crippen LogP contribution in [0.1, 0.15) is 5.82 Å². The average molecular weight is 221 g/mol. The van der Waals surface area contributed by atoms with E-state index in [0.29, 0.717) is 12.4 Å². The highest BCUT2D eigenvalue weighted by Gasteiger charge is 2.06. The van der Waals surface area contributed by atoms with Gasteiger partial charge in [-0.15, -0.1) is 16.9 Å². The summed E-state index contributed by atoms with van der Waals surface area (Å²) in [4.78, 5) is 1.17. The molecule has 2 N–H and O–H groups in total. The van der Waals surface area contributed by atoms with Gasteiger partial charge in [-0.2, -0.15) is 4.68 Å². The van der Waals surface area contributed by atoms with E-state index in [1.54, 1.807) is 16.4 Å². The molecule has 0 aliphatic rings. The van der Waals surface area contributed by atoms with Gasteiger partial charge >= 0.3 is 0 Å². The van der Waals surface area contributed by atoms with Crippen molar-refractivity contribution in [2.24, 2.45) is 5.73 Å². The van der Waals surface area contributed by atoms with Gasteiger partial charge < -0.3 is 5.73 Å². The zero-order chi connectivity index (χ0) is 10.7. The fourth-order valence-electron chi connectivity index (χ4n) is 1.28. The molecule has 2 rings (SSSR count). The van der Waals surface area contributed by atoms with Gasteiger partial charge in [0.2, 0.25) is 0 Å². The van der Waals surface area contributed by atoms with Gasteiger partial charge in [-0.1, -0.05) is 6.07 Å². The highest BCUT2D eigenvalue weighted by atomic mass is 32.2. The molecule has 78 valence electrons. The molecule has 0 spiro atoms. The van der Waals surface area contributed by atoms with E-state index >= 15 is 0 Å². The van der Waals surface area contributed by atoms with Crippen molar-refractivity contribution >= 4 is 11.8 Å². The molecule has 0 radical (unpaired) electrons. The summed E-state index contributed by atoms with van der Waals surface area (Å²) in [5.41, 5.74) is 6.47. The Hall–Kier alpha value is -1.40. The van der Waals surface area contributed by atoms with Crippen LogP contribution < -0.4 is 5.73 Å². The van der Waals surface area contributed by atoms with Crippen LogP contribution in [0.25, 0.3) is 5.69 Å². The second kappa shape index (κ2) is 4.41. The number of tetrazole rings is 1. The Bertz CT molecular complexity index is 453. The van der Waals surface area contributed by atoms with E-state index in [1.807, 2.05) is 30.5 Å². The van der Waals surface area contributed by atoms with Gasteiger partial charge in [0.1, 0.15) is 0 Å². The summed E-state index contributed by atoms with van der Waals surface area (Å²) in [5, 5.41) is 11.3. The standard InChI is InChI=1S/C9H11N5S/c1-15-8-4-2-3-7(5-8)14-9(6-10)11-12-13-14/h2-5H,6,10H2,1H3. The lowest BCUT2D eigenvalue weighted by Gasteiger charge is -2.04. The summed E-state index contributed by atoms with van der Waals surface area (Å²) in [5.74, 6) is 0.660. The molecule has 0 aliphatic heterocycles. The van der Waals surface area contributed by atoms with Crippen molar-refractivity contribution in [1.29, 1.82) is 0 Å². The Morgan fingerprint density at radius 2 is 2.33 bits per heavy atom. The van der Waals surface area contributed by atoms with Crippen molar-refractivity contribution in [1.82, 2.24) is 20.2 Å². The molecule has 0 aliphatic carbocycles. The van der Waals surface area contributed by atoms with Gasteiger partial charge in [0.25, 0.3) is 0 Å². The smallest absolute Gasteiger partial charge is 0.170 e. The Labute approximate surface area is 91.7 Å². The normalized spacial score (nSPS) is 10.5. The number of hydrogen-bond donors (Lipinski definition) is 1. The molecule has 0 unspecified atom stereocenters. The number of benzene rings is 1. The van der Waals surface area contributed by atoms with Gasteiger partial charge in [-0.05, 0) is 34.9 Å². The maximum absolute atomic E-state index is 5.53. The zero-order valence-corrected chi connectivity index (χ0v) is 9.11. The van der Waals surface area contributed by atoms with Crippen LogP contribution in [-0.2, 0) is 6.54 Å². The number of nitrogens with two attached hydrogens (primary N) is 1. The molecule has 0 bridgehead atoms. The molecule has 0 saturated carbocycles. The van der Waals surface area contributed by atoms with Gasteiger partial charge in [-0.3, -0.25) is 0 Å². The Balaban J connectivity index is 2.44. The summed E-state index contributed by atoms with van der Waals surface area (Å²) in [6.07, 6.45) is 2.03. The van der Waals surface area contributed by atoms with E-state index in [1.165, 1.54) is 4.90 Å². The molecule has 1 aromatic carbocycles. The molecule has 6 heteroatoms. The van der Waals surface area contributed by atoms with Crippen molar-refractivity contribution in [2.45, 2.75) is 11.4 Å². The summed E-state index contributed by atoms with van der Waals surface area (Å²) in [6, 6.07) is 8.00. The third-order valence-corrected chi connectivity index (χ3v) is 2.74. The van der Waals surface area contributed by atoms with Crippen LogP contribution in [0, 0.1) is 0 Å². The van der Waals surface area contributed by atoms with Crippen LogP contribution in [0.5, 0.6) is 0 Å². The Morgan fingerprint density at radius 1 is 1.47 bits per heavy atom. The van der Waals surface area contributed by atoms with E-state index in [2.05, 4.69) is 15.5 Å². The number of hydrogen-bond acceptors (Lipinski definition) is 5. The highest BCUT2D eigenvalue weighted by molar-refractivity contribution is 7.98. The molecule has 0 amide bonds. The lowest BCUT2D eigenvalue weighted by molar-refractivity contribution is 0.760. The van der Waals surface area contributed by atoms with Crippen molar-refractivity contribution in [3.8, 4) is 5.69 Å². The van der Waals surface area contributed by atoms with Crippen LogP contribution >= 0.6 is 11.8 Å². The quantitative estimate of drug-likeness (QED) is 0.778. The molecule has 15 heavy (non-hydrogen) atoms. The molecule has 0 saturated heterocycles.